The number of carbonyl (C=O) groups excluding carboxylic acids is 2. The van der Waals surface area contributed by atoms with E-state index >= 15 is 0 Å². The van der Waals surface area contributed by atoms with E-state index in [-0.39, 0.29) is 40.2 Å². The minimum Gasteiger partial charge on any atom is -0.382 e. The summed E-state index contributed by atoms with van der Waals surface area (Å²) in [5, 5.41) is 11.9. The van der Waals surface area contributed by atoms with Gasteiger partial charge in [-0.3, -0.25) is 9.59 Å². The molecule has 8 atom stereocenters. The number of ketones is 2. The third-order valence-electron chi connectivity index (χ3n) is 9.23. The summed E-state index contributed by atoms with van der Waals surface area (Å²) in [5.74, 6) is 1.78. The van der Waals surface area contributed by atoms with Crippen LogP contribution in [0.1, 0.15) is 52.9 Å². The molecule has 3 nitrogen and oxygen atoms in total. The van der Waals surface area contributed by atoms with Crippen molar-refractivity contribution < 1.29 is 14.7 Å². The number of carbonyl (C=O) groups is 2. The predicted octanol–water partition coefficient (Wildman–Crippen LogP) is 4.04. The highest BCUT2D eigenvalue weighted by atomic mass is 35.5. The summed E-state index contributed by atoms with van der Waals surface area (Å²) in [4.78, 5) is 24.6. The van der Waals surface area contributed by atoms with Gasteiger partial charge >= 0.3 is 0 Å². The minimum absolute atomic E-state index is 0.0344. The molecule has 0 amide bonds. The maximum atomic E-state index is 12.3. The van der Waals surface area contributed by atoms with Crippen molar-refractivity contribution in [2.45, 2.75) is 58.5 Å². The summed E-state index contributed by atoms with van der Waals surface area (Å²) >= 11 is 6.73. The van der Waals surface area contributed by atoms with Crippen LogP contribution in [0.25, 0.3) is 0 Å². The number of rotatable bonds is 1. The number of fused-ring (bicyclic) bond motifs is 7. The molecule has 0 aromatic heterocycles. The Hall–Kier alpha value is -0.930. The van der Waals surface area contributed by atoms with Crippen LogP contribution in [0.15, 0.2) is 22.8 Å². The lowest BCUT2D eigenvalue weighted by Gasteiger charge is -2.57. The summed E-state index contributed by atoms with van der Waals surface area (Å²) in [6.45, 7) is 5.97. The van der Waals surface area contributed by atoms with Gasteiger partial charge in [-0.05, 0) is 74.3 Å². The Balaban J connectivity index is 1.62. The van der Waals surface area contributed by atoms with Gasteiger partial charge in [0.2, 0.25) is 0 Å². The molecule has 5 aliphatic carbocycles. The van der Waals surface area contributed by atoms with Crippen molar-refractivity contribution >= 4 is 23.2 Å². The summed E-state index contributed by atoms with van der Waals surface area (Å²) in [6, 6.07) is 0. The van der Waals surface area contributed by atoms with Crippen molar-refractivity contribution in [3.05, 3.63) is 22.8 Å². The number of allylic oxidation sites excluding steroid dienone is 4. The molecule has 3 fully saturated rings. The van der Waals surface area contributed by atoms with Crippen LogP contribution in [0.4, 0.5) is 0 Å². The van der Waals surface area contributed by atoms with Crippen LogP contribution in [0.2, 0.25) is 0 Å². The van der Waals surface area contributed by atoms with Crippen molar-refractivity contribution in [3.8, 4) is 0 Å². The van der Waals surface area contributed by atoms with E-state index in [1.165, 1.54) is 6.92 Å². The van der Waals surface area contributed by atoms with Crippen LogP contribution in [0.5, 0.6) is 0 Å². The van der Waals surface area contributed by atoms with E-state index in [9.17, 15) is 14.7 Å². The SMILES string of the molecule is CC(=O)[C@@]1(O)CCC2C3C=C(Cl)C4=CC(=O)C5CC5[C@]4(C)C3CC[C@@]21C. The lowest BCUT2D eigenvalue weighted by Crippen LogP contribution is -2.56. The van der Waals surface area contributed by atoms with Crippen molar-refractivity contribution in [1.29, 1.82) is 0 Å². The summed E-state index contributed by atoms with van der Waals surface area (Å²) < 4.78 is 0. The molecule has 0 aromatic carbocycles. The number of Topliss-reactive ketones (excluding diaryl/α,β-unsaturated/α-hetero) is 1. The highest BCUT2D eigenvalue weighted by molar-refractivity contribution is 6.32. The van der Waals surface area contributed by atoms with Gasteiger partial charge in [0.1, 0.15) is 5.60 Å². The predicted molar refractivity (Wildman–Crippen MR) is 99.4 cm³/mol. The van der Waals surface area contributed by atoms with E-state index < -0.39 is 5.60 Å². The maximum Gasteiger partial charge on any atom is 0.161 e. The molecule has 0 heterocycles. The first kappa shape index (κ1) is 17.2. The molecule has 4 heteroatoms. The van der Waals surface area contributed by atoms with Crippen LogP contribution in [0.3, 0.4) is 0 Å². The lowest BCUT2D eigenvalue weighted by atomic mass is 9.47. The molecule has 0 spiro atoms. The van der Waals surface area contributed by atoms with Gasteiger partial charge in [-0.15, -0.1) is 0 Å². The van der Waals surface area contributed by atoms with Gasteiger partial charge in [-0.25, -0.2) is 0 Å². The quantitative estimate of drug-likeness (QED) is 0.753. The standard InChI is InChI=1S/C22H27ClO3/c1-11(24)22(26)7-5-14-12-9-18(23)17-10-19(25)13-8-16(13)21(17,3)15(12)4-6-20(14,22)2/h9-10,12-16,26H,4-8H2,1-3H3/t12?,13?,14?,15?,16?,20-,21-,22-/m0/s1. The fourth-order valence-corrected chi connectivity index (χ4v) is 7.96. The van der Waals surface area contributed by atoms with Gasteiger partial charge in [0.25, 0.3) is 0 Å². The second-order valence-corrected chi connectivity index (χ2v) is 10.3. The average Bonchev–Trinajstić information content (AvgIpc) is 3.33. The van der Waals surface area contributed by atoms with Crippen LogP contribution in [-0.4, -0.2) is 22.3 Å². The Bertz CT molecular complexity index is 797. The molecule has 1 N–H and O–H groups in total. The van der Waals surface area contributed by atoms with E-state index in [4.69, 9.17) is 11.6 Å². The molecule has 5 unspecified atom stereocenters. The molecule has 140 valence electrons. The summed E-state index contributed by atoms with van der Waals surface area (Å²) in [6.07, 6.45) is 8.25. The Morgan fingerprint density at radius 1 is 1.19 bits per heavy atom. The molecule has 3 saturated carbocycles. The van der Waals surface area contributed by atoms with Gasteiger partial charge in [-0.2, -0.15) is 0 Å². The van der Waals surface area contributed by atoms with E-state index in [0.717, 1.165) is 36.3 Å². The van der Waals surface area contributed by atoms with Crippen LogP contribution in [-0.2, 0) is 9.59 Å². The second-order valence-electron chi connectivity index (χ2n) is 9.91. The highest BCUT2D eigenvalue weighted by Gasteiger charge is 2.69. The molecule has 26 heavy (non-hydrogen) atoms. The molecule has 0 saturated heterocycles. The van der Waals surface area contributed by atoms with E-state index in [1.54, 1.807) is 0 Å². The number of aliphatic hydroxyl groups is 1. The molecular weight excluding hydrogens is 348 g/mol. The van der Waals surface area contributed by atoms with Crippen molar-refractivity contribution in [3.63, 3.8) is 0 Å². The van der Waals surface area contributed by atoms with Crippen LogP contribution >= 0.6 is 11.6 Å². The minimum atomic E-state index is -1.20. The third kappa shape index (κ3) is 1.75. The average molecular weight is 375 g/mol. The molecule has 0 aliphatic heterocycles. The molecule has 5 rings (SSSR count). The Labute approximate surface area is 159 Å². The molecule has 5 aliphatic rings. The maximum absolute atomic E-state index is 12.3. The first-order valence-corrected chi connectivity index (χ1v) is 10.4. The Morgan fingerprint density at radius 2 is 1.88 bits per heavy atom. The fourth-order valence-electron chi connectivity index (χ4n) is 7.56. The Morgan fingerprint density at radius 3 is 2.58 bits per heavy atom. The lowest BCUT2D eigenvalue weighted by molar-refractivity contribution is -0.157. The van der Waals surface area contributed by atoms with Crippen molar-refractivity contribution in [1.82, 2.24) is 0 Å². The van der Waals surface area contributed by atoms with Gasteiger partial charge < -0.3 is 5.11 Å². The fraction of sp³-hybridized carbons (Fsp3) is 0.727. The molecule has 0 bridgehead atoms. The molecule has 0 aromatic rings. The highest BCUT2D eigenvalue weighted by Crippen LogP contribution is 2.72. The zero-order valence-electron chi connectivity index (χ0n) is 15.7. The molecular formula is C22H27ClO3. The van der Waals surface area contributed by atoms with Crippen molar-refractivity contribution in [2.75, 3.05) is 0 Å². The number of hydrogen-bond donors (Lipinski definition) is 1. The largest absolute Gasteiger partial charge is 0.382 e. The van der Waals surface area contributed by atoms with Crippen molar-refractivity contribution in [2.24, 2.45) is 40.4 Å². The number of hydrogen-bond acceptors (Lipinski definition) is 3. The van der Waals surface area contributed by atoms with Crippen LogP contribution in [0, 0.1) is 40.4 Å². The van der Waals surface area contributed by atoms with E-state index in [0.29, 0.717) is 18.3 Å². The van der Waals surface area contributed by atoms with Gasteiger partial charge in [0, 0.05) is 21.8 Å². The summed E-state index contributed by atoms with van der Waals surface area (Å²) in [5.41, 5.74) is -0.566. The summed E-state index contributed by atoms with van der Waals surface area (Å²) in [7, 11) is 0. The smallest absolute Gasteiger partial charge is 0.161 e. The first-order chi connectivity index (χ1) is 12.1. The zero-order valence-corrected chi connectivity index (χ0v) is 16.5. The third-order valence-corrected chi connectivity index (χ3v) is 9.56. The monoisotopic (exact) mass is 374 g/mol. The van der Waals surface area contributed by atoms with Gasteiger partial charge in [-0.1, -0.05) is 31.5 Å². The van der Waals surface area contributed by atoms with Gasteiger partial charge in [0.15, 0.2) is 11.6 Å². The second kappa shape index (κ2) is 4.91. The number of halogens is 1. The van der Waals surface area contributed by atoms with Crippen LogP contribution < -0.4 is 0 Å². The normalized spacial score (nSPS) is 54.3. The van der Waals surface area contributed by atoms with E-state index in [2.05, 4.69) is 19.9 Å². The van der Waals surface area contributed by atoms with Gasteiger partial charge in [0.05, 0.1) is 0 Å². The molecule has 0 radical (unpaired) electrons. The first-order valence-electron chi connectivity index (χ1n) is 10.0. The Kier molecular flexibility index (Phi) is 3.25. The van der Waals surface area contributed by atoms with E-state index in [1.807, 2.05) is 6.08 Å². The topological polar surface area (TPSA) is 54.4 Å². The zero-order chi connectivity index (χ0) is 18.6.